The Balaban J connectivity index is 2.31. The Hall–Kier alpha value is -1.60. The fourth-order valence-electron chi connectivity index (χ4n) is 2.93. The SMILES string of the molecule is COCC(C)S(=O)(=O)N1CC(CCC(=O)O)Cc2ccccc21. The number of methoxy groups -OCH3 is 1. The summed E-state index contributed by atoms with van der Waals surface area (Å²) in [5, 5.41) is 8.22. The van der Waals surface area contributed by atoms with Crippen molar-refractivity contribution in [2.24, 2.45) is 5.92 Å². The fourth-order valence-corrected chi connectivity index (χ4v) is 4.55. The molecule has 1 aliphatic heterocycles. The summed E-state index contributed by atoms with van der Waals surface area (Å²) in [5.74, 6) is -0.850. The number of fused-ring (bicyclic) bond motifs is 1. The van der Waals surface area contributed by atoms with Crippen LogP contribution in [0.1, 0.15) is 25.3 Å². The van der Waals surface area contributed by atoms with Gasteiger partial charge in [0.25, 0.3) is 0 Å². The quantitative estimate of drug-likeness (QED) is 0.819. The lowest BCUT2D eigenvalue weighted by atomic mass is 9.90. The van der Waals surface area contributed by atoms with Gasteiger partial charge in [0.15, 0.2) is 0 Å². The summed E-state index contributed by atoms with van der Waals surface area (Å²) < 4.78 is 32.1. The molecule has 0 fully saturated rings. The van der Waals surface area contributed by atoms with Crippen LogP contribution in [0.5, 0.6) is 0 Å². The van der Waals surface area contributed by atoms with E-state index in [-0.39, 0.29) is 18.9 Å². The van der Waals surface area contributed by atoms with Crippen molar-refractivity contribution in [3.8, 4) is 0 Å². The normalized spacial score (nSPS) is 19.2. The number of carboxylic acids is 1. The smallest absolute Gasteiger partial charge is 0.303 e. The van der Waals surface area contributed by atoms with Crippen LogP contribution in [-0.2, 0) is 26.0 Å². The van der Waals surface area contributed by atoms with E-state index in [1.165, 1.54) is 11.4 Å². The van der Waals surface area contributed by atoms with E-state index in [4.69, 9.17) is 9.84 Å². The van der Waals surface area contributed by atoms with E-state index in [2.05, 4.69) is 0 Å². The molecular weight excluding hydrogens is 318 g/mol. The first kappa shape index (κ1) is 17.7. The summed E-state index contributed by atoms with van der Waals surface area (Å²) in [6.45, 7) is 2.07. The van der Waals surface area contributed by atoms with Gasteiger partial charge in [-0.25, -0.2) is 8.42 Å². The van der Waals surface area contributed by atoms with Gasteiger partial charge >= 0.3 is 5.97 Å². The predicted molar refractivity (Wildman–Crippen MR) is 88.1 cm³/mol. The Labute approximate surface area is 137 Å². The van der Waals surface area contributed by atoms with Crippen molar-refractivity contribution in [2.45, 2.75) is 31.4 Å². The highest BCUT2D eigenvalue weighted by molar-refractivity contribution is 7.93. The summed E-state index contributed by atoms with van der Waals surface area (Å²) in [4.78, 5) is 10.8. The summed E-state index contributed by atoms with van der Waals surface area (Å²) in [7, 11) is -2.07. The monoisotopic (exact) mass is 341 g/mol. The summed E-state index contributed by atoms with van der Waals surface area (Å²) in [6, 6.07) is 7.41. The van der Waals surface area contributed by atoms with E-state index in [1.54, 1.807) is 13.0 Å². The number of hydrogen-bond acceptors (Lipinski definition) is 4. The van der Waals surface area contributed by atoms with Crippen LogP contribution < -0.4 is 4.31 Å². The number of sulfonamides is 1. The summed E-state index contributed by atoms with van der Waals surface area (Å²) >= 11 is 0. The number of carboxylic acid groups (broad SMARTS) is 1. The Bertz CT molecular complexity index is 658. The molecule has 1 N–H and O–H groups in total. The van der Waals surface area contributed by atoms with Crippen LogP contribution in [-0.4, -0.2) is 45.0 Å². The van der Waals surface area contributed by atoms with E-state index in [0.29, 0.717) is 25.1 Å². The lowest BCUT2D eigenvalue weighted by molar-refractivity contribution is -0.137. The van der Waals surface area contributed by atoms with Gasteiger partial charge in [0.05, 0.1) is 12.3 Å². The maximum Gasteiger partial charge on any atom is 0.303 e. The third kappa shape index (κ3) is 4.03. The highest BCUT2D eigenvalue weighted by Crippen LogP contribution is 2.34. The number of para-hydroxylation sites is 1. The molecule has 2 rings (SSSR count). The van der Waals surface area contributed by atoms with Gasteiger partial charge in [-0.3, -0.25) is 9.10 Å². The van der Waals surface area contributed by atoms with E-state index in [9.17, 15) is 13.2 Å². The van der Waals surface area contributed by atoms with E-state index in [1.807, 2.05) is 18.2 Å². The van der Waals surface area contributed by atoms with Gasteiger partial charge in [0.2, 0.25) is 10.0 Å². The molecule has 1 aliphatic rings. The molecule has 2 unspecified atom stereocenters. The van der Waals surface area contributed by atoms with Gasteiger partial charge in [0.1, 0.15) is 5.25 Å². The number of ether oxygens (including phenoxy) is 1. The van der Waals surface area contributed by atoms with Crippen LogP contribution in [0.15, 0.2) is 24.3 Å². The maximum absolute atomic E-state index is 12.9. The predicted octanol–water partition coefficient (Wildman–Crippen LogP) is 1.89. The highest BCUT2D eigenvalue weighted by atomic mass is 32.2. The lowest BCUT2D eigenvalue weighted by Gasteiger charge is -2.36. The van der Waals surface area contributed by atoms with Crippen molar-refractivity contribution in [1.82, 2.24) is 0 Å². The van der Waals surface area contributed by atoms with E-state index in [0.717, 1.165) is 5.56 Å². The first-order valence-electron chi connectivity index (χ1n) is 7.66. The van der Waals surface area contributed by atoms with Crippen LogP contribution >= 0.6 is 0 Å². The molecule has 7 heteroatoms. The molecule has 1 heterocycles. The number of rotatable bonds is 7. The van der Waals surface area contributed by atoms with Gasteiger partial charge in [-0.05, 0) is 37.3 Å². The van der Waals surface area contributed by atoms with Gasteiger partial charge in [-0.1, -0.05) is 18.2 Å². The average molecular weight is 341 g/mol. The molecule has 0 radical (unpaired) electrons. The van der Waals surface area contributed by atoms with Gasteiger partial charge in [-0.2, -0.15) is 0 Å². The zero-order valence-electron chi connectivity index (χ0n) is 13.4. The van der Waals surface area contributed by atoms with Crippen molar-refractivity contribution < 1.29 is 23.1 Å². The topological polar surface area (TPSA) is 83.9 Å². The first-order valence-corrected chi connectivity index (χ1v) is 9.16. The van der Waals surface area contributed by atoms with Gasteiger partial charge < -0.3 is 9.84 Å². The molecule has 0 bridgehead atoms. The molecule has 2 atom stereocenters. The van der Waals surface area contributed by atoms with Crippen LogP contribution in [0, 0.1) is 5.92 Å². The number of benzene rings is 1. The maximum atomic E-state index is 12.9. The molecule has 0 amide bonds. The van der Waals surface area contributed by atoms with Crippen molar-refractivity contribution in [3.05, 3.63) is 29.8 Å². The van der Waals surface area contributed by atoms with Gasteiger partial charge in [0, 0.05) is 20.1 Å². The van der Waals surface area contributed by atoms with Crippen molar-refractivity contribution in [3.63, 3.8) is 0 Å². The van der Waals surface area contributed by atoms with Crippen LogP contribution in [0.25, 0.3) is 0 Å². The van der Waals surface area contributed by atoms with Gasteiger partial charge in [-0.15, -0.1) is 0 Å². The molecular formula is C16H23NO5S. The molecule has 0 aromatic heterocycles. The van der Waals surface area contributed by atoms with Crippen LogP contribution in [0.3, 0.4) is 0 Å². The second-order valence-electron chi connectivity index (χ2n) is 5.97. The molecule has 0 aliphatic carbocycles. The molecule has 0 spiro atoms. The van der Waals surface area contributed by atoms with E-state index < -0.39 is 21.2 Å². The third-order valence-corrected chi connectivity index (χ3v) is 6.29. The molecule has 1 aromatic carbocycles. The lowest BCUT2D eigenvalue weighted by Crippen LogP contribution is -2.45. The zero-order valence-corrected chi connectivity index (χ0v) is 14.3. The van der Waals surface area contributed by atoms with E-state index >= 15 is 0 Å². The third-order valence-electron chi connectivity index (χ3n) is 4.18. The first-order chi connectivity index (χ1) is 10.9. The fraction of sp³-hybridized carbons (Fsp3) is 0.562. The Kier molecular flexibility index (Phi) is 5.64. The second kappa shape index (κ2) is 7.31. The Morgan fingerprint density at radius 2 is 2.13 bits per heavy atom. The minimum Gasteiger partial charge on any atom is -0.481 e. The molecule has 0 saturated carbocycles. The van der Waals surface area contributed by atoms with Crippen LogP contribution in [0.2, 0.25) is 0 Å². The molecule has 128 valence electrons. The largest absolute Gasteiger partial charge is 0.481 e. The number of carbonyl (C=O) groups is 1. The standard InChI is InChI=1S/C16H23NO5S/c1-12(11-22-2)23(20,21)17-10-13(7-8-16(18)19)9-14-5-3-4-6-15(14)17/h3-6,12-13H,7-11H2,1-2H3,(H,18,19). The average Bonchev–Trinajstić information content (AvgIpc) is 2.52. The zero-order chi connectivity index (χ0) is 17.0. The summed E-state index contributed by atoms with van der Waals surface area (Å²) in [6.07, 6.45) is 1.22. The highest BCUT2D eigenvalue weighted by Gasteiger charge is 2.35. The minimum atomic E-state index is -3.55. The van der Waals surface area contributed by atoms with Crippen LogP contribution in [0.4, 0.5) is 5.69 Å². The molecule has 0 saturated heterocycles. The number of nitrogens with zero attached hydrogens (tertiary/aromatic N) is 1. The van der Waals surface area contributed by atoms with Crippen molar-refractivity contribution >= 4 is 21.7 Å². The molecule has 23 heavy (non-hydrogen) atoms. The Morgan fingerprint density at radius 1 is 1.43 bits per heavy atom. The Morgan fingerprint density at radius 3 is 2.78 bits per heavy atom. The minimum absolute atomic E-state index is 0.00511. The van der Waals surface area contributed by atoms with Crippen molar-refractivity contribution in [2.75, 3.05) is 24.6 Å². The molecule has 6 nitrogen and oxygen atoms in total. The number of hydrogen-bond donors (Lipinski definition) is 1. The number of aliphatic carboxylic acids is 1. The number of anilines is 1. The van der Waals surface area contributed by atoms with Crippen molar-refractivity contribution in [1.29, 1.82) is 0 Å². The second-order valence-corrected chi connectivity index (χ2v) is 8.25. The molecule has 1 aromatic rings. The summed E-state index contributed by atoms with van der Waals surface area (Å²) in [5.41, 5.74) is 1.64.